The van der Waals surface area contributed by atoms with Crippen molar-refractivity contribution >= 4 is 27.3 Å². The summed E-state index contributed by atoms with van der Waals surface area (Å²) in [7, 11) is -2.29. The van der Waals surface area contributed by atoms with Gasteiger partial charge in [0.25, 0.3) is 10.0 Å². The van der Waals surface area contributed by atoms with Crippen molar-refractivity contribution < 1.29 is 13.2 Å². The van der Waals surface area contributed by atoms with Crippen LogP contribution < -0.4 is 9.04 Å². The molecule has 0 amide bonds. The molecule has 0 saturated heterocycles. The van der Waals surface area contributed by atoms with Gasteiger partial charge in [0.05, 0.1) is 29.3 Å². The highest BCUT2D eigenvalue weighted by atomic mass is 35.5. The Hall–Kier alpha value is -1.98. The second kappa shape index (κ2) is 7.73. The van der Waals surface area contributed by atoms with E-state index in [1.165, 1.54) is 23.5 Å². The van der Waals surface area contributed by atoms with Gasteiger partial charge >= 0.3 is 0 Å². The Morgan fingerprint density at radius 3 is 2.54 bits per heavy atom. The minimum Gasteiger partial charge on any atom is -0.495 e. The third-order valence-electron chi connectivity index (χ3n) is 3.65. The fourth-order valence-corrected chi connectivity index (χ4v) is 4.25. The van der Waals surface area contributed by atoms with Crippen LogP contribution in [-0.2, 0) is 16.4 Å². The van der Waals surface area contributed by atoms with Crippen molar-refractivity contribution in [2.24, 2.45) is 0 Å². The molecule has 0 unspecified atom stereocenters. The molecule has 2 aromatic carbocycles. The number of methoxy groups -OCH3 is 1. The van der Waals surface area contributed by atoms with Gasteiger partial charge in [0, 0.05) is 0 Å². The molecule has 0 heterocycles. The largest absolute Gasteiger partial charge is 0.495 e. The predicted octanol–water partition coefficient (Wildman–Crippen LogP) is 4.29. The number of rotatable bonds is 7. The molecule has 2 aromatic rings. The van der Waals surface area contributed by atoms with Crippen LogP contribution in [0.2, 0.25) is 5.02 Å². The molecular formula is C18H20ClNO3S. The Labute approximate surface area is 148 Å². The zero-order valence-corrected chi connectivity index (χ0v) is 15.3. The summed E-state index contributed by atoms with van der Waals surface area (Å²) >= 11 is 6.09. The molecule has 0 atom stereocenters. The number of ether oxygens (including phenoxy) is 1. The SMILES string of the molecule is C=CCN(c1ccccc1CC)S(=O)(=O)c1ccc(OC)c(Cl)c1. The summed E-state index contributed by atoms with van der Waals surface area (Å²) in [5, 5.41) is 0.251. The number of sulfonamides is 1. The van der Waals surface area contributed by atoms with E-state index in [9.17, 15) is 8.42 Å². The lowest BCUT2D eigenvalue weighted by Gasteiger charge is -2.25. The Kier molecular flexibility index (Phi) is 5.91. The summed E-state index contributed by atoms with van der Waals surface area (Å²) in [6, 6.07) is 11.9. The van der Waals surface area contributed by atoms with Gasteiger partial charge in [-0.15, -0.1) is 6.58 Å². The van der Waals surface area contributed by atoms with Crippen LogP contribution in [0.5, 0.6) is 5.75 Å². The van der Waals surface area contributed by atoms with E-state index in [-0.39, 0.29) is 16.5 Å². The highest BCUT2D eigenvalue weighted by Gasteiger charge is 2.26. The van der Waals surface area contributed by atoms with E-state index in [1.807, 2.05) is 25.1 Å². The average Bonchev–Trinajstić information content (AvgIpc) is 2.59. The highest BCUT2D eigenvalue weighted by molar-refractivity contribution is 7.92. The van der Waals surface area contributed by atoms with Crippen LogP contribution in [-0.4, -0.2) is 22.1 Å². The van der Waals surface area contributed by atoms with Gasteiger partial charge < -0.3 is 4.74 Å². The van der Waals surface area contributed by atoms with Crippen molar-refractivity contribution in [2.75, 3.05) is 18.0 Å². The lowest BCUT2D eigenvalue weighted by atomic mass is 10.1. The molecule has 0 aliphatic carbocycles. The van der Waals surface area contributed by atoms with Crippen molar-refractivity contribution in [3.63, 3.8) is 0 Å². The Balaban J connectivity index is 2.57. The van der Waals surface area contributed by atoms with Gasteiger partial charge in [-0.1, -0.05) is 42.8 Å². The van der Waals surface area contributed by atoms with Gasteiger partial charge in [-0.25, -0.2) is 8.42 Å². The molecule has 6 heteroatoms. The molecule has 0 N–H and O–H groups in total. The molecule has 0 aliphatic heterocycles. The van der Waals surface area contributed by atoms with Gasteiger partial charge in [0.2, 0.25) is 0 Å². The van der Waals surface area contributed by atoms with E-state index >= 15 is 0 Å². The number of benzene rings is 2. The van der Waals surface area contributed by atoms with Crippen LogP contribution in [0, 0.1) is 0 Å². The summed E-state index contributed by atoms with van der Waals surface area (Å²) in [6.45, 7) is 5.84. The first kappa shape index (κ1) is 18.4. The standard InChI is InChI=1S/C18H20ClNO3S/c1-4-12-20(17-9-7-6-8-14(17)5-2)24(21,22)15-10-11-18(23-3)16(19)13-15/h4,6-11,13H,1,5,12H2,2-3H3. The number of hydrogen-bond acceptors (Lipinski definition) is 3. The zero-order valence-electron chi connectivity index (χ0n) is 13.7. The fourth-order valence-electron chi connectivity index (χ4n) is 2.43. The molecule has 0 bridgehead atoms. The summed E-state index contributed by atoms with van der Waals surface area (Å²) in [5.41, 5.74) is 1.59. The second-order valence-electron chi connectivity index (χ2n) is 5.10. The number of nitrogens with zero attached hydrogens (tertiary/aromatic N) is 1. The third-order valence-corrected chi connectivity index (χ3v) is 5.72. The van der Waals surface area contributed by atoms with Gasteiger partial charge in [-0.2, -0.15) is 0 Å². The molecule has 2 rings (SSSR count). The first-order chi connectivity index (χ1) is 11.5. The maximum absolute atomic E-state index is 13.1. The quantitative estimate of drug-likeness (QED) is 0.687. The molecule has 4 nitrogen and oxygen atoms in total. The minimum atomic E-state index is -3.77. The van der Waals surface area contributed by atoms with Crippen LogP contribution in [0.15, 0.2) is 60.0 Å². The van der Waals surface area contributed by atoms with Crippen LogP contribution in [0.1, 0.15) is 12.5 Å². The van der Waals surface area contributed by atoms with Crippen molar-refractivity contribution in [3.05, 3.63) is 65.7 Å². The first-order valence-corrected chi connectivity index (χ1v) is 9.32. The molecule has 0 radical (unpaired) electrons. The summed E-state index contributed by atoms with van der Waals surface area (Å²) < 4.78 is 32.7. The molecule has 0 aromatic heterocycles. The Bertz CT molecular complexity index is 834. The summed E-state index contributed by atoms with van der Waals surface area (Å²) in [4.78, 5) is 0.112. The predicted molar refractivity (Wildman–Crippen MR) is 98.6 cm³/mol. The van der Waals surface area contributed by atoms with Gasteiger partial charge in [0.15, 0.2) is 0 Å². The summed E-state index contributed by atoms with van der Waals surface area (Å²) in [5.74, 6) is 0.430. The fraction of sp³-hybridized carbons (Fsp3) is 0.222. The maximum atomic E-state index is 13.1. The molecule has 0 fully saturated rings. The highest BCUT2D eigenvalue weighted by Crippen LogP contribution is 2.31. The molecular weight excluding hydrogens is 346 g/mol. The normalized spacial score (nSPS) is 11.1. The molecule has 0 saturated carbocycles. The van der Waals surface area contributed by atoms with Crippen LogP contribution >= 0.6 is 11.6 Å². The van der Waals surface area contributed by atoms with Crippen LogP contribution in [0.4, 0.5) is 5.69 Å². The van der Waals surface area contributed by atoms with E-state index in [2.05, 4.69) is 6.58 Å². The summed E-state index contributed by atoms with van der Waals surface area (Å²) in [6.07, 6.45) is 2.29. The Morgan fingerprint density at radius 1 is 1.25 bits per heavy atom. The van der Waals surface area contributed by atoms with Gasteiger partial charge in [-0.05, 0) is 36.2 Å². The van der Waals surface area contributed by atoms with E-state index in [1.54, 1.807) is 18.2 Å². The number of anilines is 1. The van der Waals surface area contributed by atoms with Crippen molar-refractivity contribution in [1.29, 1.82) is 0 Å². The monoisotopic (exact) mass is 365 g/mol. The lowest BCUT2D eigenvalue weighted by molar-refractivity contribution is 0.414. The number of hydrogen-bond donors (Lipinski definition) is 0. The zero-order chi connectivity index (χ0) is 17.7. The van der Waals surface area contributed by atoms with Crippen molar-refractivity contribution in [3.8, 4) is 5.75 Å². The van der Waals surface area contributed by atoms with Crippen LogP contribution in [0.3, 0.4) is 0 Å². The second-order valence-corrected chi connectivity index (χ2v) is 7.37. The molecule has 24 heavy (non-hydrogen) atoms. The smallest absolute Gasteiger partial charge is 0.264 e. The minimum absolute atomic E-state index is 0.112. The van der Waals surface area contributed by atoms with E-state index in [0.717, 1.165) is 12.0 Å². The van der Waals surface area contributed by atoms with Crippen molar-refractivity contribution in [2.45, 2.75) is 18.2 Å². The van der Waals surface area contributed by atoms with Gasteiger partial charge in [0.1, 0.15) is 5.75 Å². The first-order valence-electron chi connectivity index (χ1n) is 7.50. The Morgan fingerprint density at radius 2 is 1.96 bits per heavy atom. The van der Waals surface area contributed by atoms with E-state index in [4.69, 9.17) is 16.3 Å². The number of halogens is 1. The lowest BCUT2D eigenvalue weighted by Crippen LogP contribution is -2.32. The third kappa shape index (κ3) is 3.57. The maximum Gasteiger partial charge on any atom is 0.264 e. The molecule has 0 spiro atoms. The molecule has 0 aliphatic rings. The van der Waals surface area contributed by atoms with Crippen LogP contribution in [0.25, 0.3) is 0 Å². The molecule has 128 valence electrons. The van der Waals surface area contributed by atoms with E-state index in [0.29, 0.717) is 11.4 Å². The topological polar surface area (TPSA) is 46.6 Å². The van der Waals surface area contributed by atoms with E-state index < -0.39 is 10.0 Å². The average molecular weight is 366 g/mol. The van der Waals surface area contributed by atoms with Crippen molar-refractivity contribution in [1.82, 2.24) is 0 Å². The van der Waals surface area contributed by atoms with Gasteiger partial charge in [-0.3, -0.25) is 4.31 Å². The number of aryl methyl sites for hydroxylation is 1. The number of para-hydroxylation sites is 1.